The van der Waals surface area contributed by atoms with Crippen LogP contribution in [0.25, 0.3) is 50.4 Å². The van der Waals surface area contributed by atoms with Crippen molar-refractivity contribution in [1.82, 2.24) is 45.0 Å². The Labute approximate surface area is 223 Å². The number of imidazole rings is 2. The minimum atomic E-state index is -0.458. The second kappa shape index (κ2) is 9.70. The second-order valence-electron chi connectivity index (χ2n) is 10.3. The smallest absolute Gasteiger partial charge is 0.161 e. The number of pyridine rings is 2. The number of nitrogens with one attached hydrogen (secondary N) is 3. The minimum Gasteiger partial charge on any atom is -0.336 e. The Morgan fingerprint density at radius 3 is 2.82 bits per heavy atom. The van der Waals surface area contributed by atoms with Crippen molar-refractivity contribution >= 4 is 21.9 Å². The van der Waals surface area contributed by atoms with E-state index in [4.69, 9.17) is 4.98 Å². The highest BCUT2D eigenvalue weighted by molar-refractivity contribution is 5.96. The fourth-order valence-corrected chi connectivity index (χ4v) is 5.59. The highest BCUT2D eigenvalue weighted by Crippen LogP contribution is 2.33. The first-order valence-corrected chi connectivity index (χ1v) is 13.3. The number of rotatable bonds is 7. The molecule has 10 heteroatoms. The molecule has 1 fully saturated rings. The fourth-order valence-electron chi connectivity index (χ4n) is 5.59. The zero-order valence-electron chi connectivity index (χ0n) is 21.6. The summed E-state index contributed by atoms with van der Waals surface area (Å²) < 4.78 is 18.0. The summed E-state index contributed by atoms with van der Waals surface area (Å²) in [5, 5.41) is 11.2. The SMILES string of the molecule is Cc1cn(-c2cccc3[nH]c(-c4n[nH]c5cnc(-c6cncc(CNCC7CCCC7)c6)c(F)c45)nc23)cn1. The van der Waals surface area contributed by atoms with Crippen LogP contribution in [0, 0.1) is 18.7 Å². The molecule has 5 heterocycles. The molecule has 0 aliphatic heterocycles. The van der Waals surface area contributed by atoms with Crippen LogP contribution in [-0.2, 0) is 6.54 Å². The zero-order chi connectivity index (χ0) is 26.3. The lowest BCUT2D eigenvalue weighted by molar-refractivity contribution is 0.489. The number of fused-ring (bicyclic) bond motifs is 2. The molecular weight excluding hydrogens is 493 g/mol. The highest BCUT2D eigenvalue weighted by atomic mass is 19.1. The molecule has 1 aliphatic carbocycles. The van der Waals surface area contributed by atoms with Gasteiger partial charge in [-0.25, -0.2) is 14.4 Å². The Balaban J connectivity index is 1.23. The van der Waals surface area contributed by atoms with Gasteiger partial charge >= 0.3 is 0 Å². The highest BCUT2D eigenvalue weighted by Gasteiger charge is 2.21. The molecular formula is C29H28FN9. The average Bonchev–Trinajstić information content (AvgIpc) is 3.75. The molecule has 0 radical (unpaired) electrons. The summed E-state index contributed by atoms with van der Waals surface area (Å²) >= 11 is 0. The van der Waals surface area contributed by atoms with Crippen LogP contribution in [0.1, 0.15) is 36.9 Å². The van der Waals surface area contributed by atoms with Gasteiger partial charge in [0.1, 0.15) is 16.9 Å². The van der Waals surface area contributed by atoms with E-state index in [0.29, 0.717) is 34.5 Å². The van der Waals surface area contributed by atoms with Gasteiger partial charge in [-0.1, -0.05) is 18.9 Å². The van der Waals surface area contributed by atoms with Crippen molar-refractivity contribution in [2.45, 2.75) is 39.2 Å². The summed E-state index contributed by atoms with van der Waals surface area (Å²) in [4.78, 5) is 21.3. The third kappa shape index (κ3) is 4.36. The van der Waals surface area contributed by atoms with E-state index >= 15 is 4.39 Å². The molecule has 9 nitrogen and oxygen atoms in total. The first-order valence-electron chi connectivity index (χ1n) is 13.3. The molecule has 0 saturated heterocycles. The van der Waals surface area contributed by atoms with Gasteiger partial charge < -0.3 is 14.9 Å². The number of H-pyrrole nitrogens is 2. The van der Waals surface area contributed by atoms with Crippen LogP contribution in [0.4, 0.5) is 4.39 Å². The Morgan fingerprint density at radius 1 is 1.08 bits per heavy atom. The molecule has 39 heavy (non-hydrogen) atoms. The Hall–Kier alpha value is -4.44. The largest absolute Gasteiger partial charge is 0.336 e. The number of hydrogen-bond acceptors (Lipinski definition) is 6. The molecule has 196 valence electrons. The van der Waals surface area contributed by atoms with Gasteiger partial charge in [0.05, 0.1) is 40.3 Å². The third-order valence-electron chi connectivity index (χ3n) is 7.56. The monoisotopic (exact) mass is 521 g/mol. The maximum absolute atomic E-state index is 16.1. The number of nitrogens with zero attached hydrogens (tertiary/aromatic N) is 6. The van der Waals surface area contributed by atoms with Crippen LogP contribution >= 0.6 is 0 Å². The lowest BCUT2D eigenvalue weighted by atomic mass is 10.1. The summed E-state index contributed by atoms with van der Waals surface area (Å²) in [6, 6.07) is 7.81. The maximum Gasteiger partial charge on any atom is 0.161 e. The first kappa shape index (κ1) is 23.7. The van der Waals surface area contributed by atoms with E-state index in [1.165, 1.54) is 25.7 Å². The molecule has 0 spiro atoms. The molecule has 0 amide bonds. The Bertz CT molecular complexity index is 1790. The molecule has 3 N–H and O–H groups in total. The predicted molar refractivity (Wildman–Crippen MR) is 148 cm³/mol. The van der Waals surface area contributed by atoms with Crippen molar-refractivity contribution in [2.24, 2.45) is 5.92 Å². The lowest BCUT2D eigenvalue weighted by Gasteiger charge is -2.11. The Kier molecular flexibility index (Phi) is 5.89. The van der Waals surface area contributed by atoms with Crippen molar-refractivity contribution in [3.63, 3.8) is 0 Å². The number of para-hydroxylation sites is 1. The van der Waals surface area contributed by atoms with Gasteiger partial charge in [-0.2, -0.15) is 5.10 Å². The van der Waals surface area contributed by atoms with E-state index in [2.05, 4.69) is 35.5 Å². The summed E-state index contributed by atoms with van der Waals surface area (Å²) in [6.07, 6.45) is 14.0. The van der Waals surface area contributed by atoms with Crippen LogP contribution in [0.2, 0.25) is 0 Å². The molecule has 0 unspecified atom stereocenters. The normalized spacial score (nSPS) is 14.2. The molecule has 1 saturated carbocycles. The van der Waals surface area contributed by atoms with Gasteiger partial charge in [-0.15, -0.1) is 0 Å². The number of benzene rings is 1. The van der Waals surface area contributed by atoms with Crippen LogP contribution in [-0.4, -0.2) is 46.2 Å². The summed E-state index contributed by atoms with van der Waals surface area (Å²) in [6.45, 7) is 3.63. The predicted octanol–water partition coefficient (Wildman–Crippen LogP) is 5.48. The number of aromatic nitrogens is 8. The molecule has 0 bridgehead atoms. The molecule has 1 aromatic carbocycles. The van der Waals surface area contributed by atoms with E-state index in [1.807, 2.05) is 48.1 Å². The van der Waals surface area contributed by atoms with E-state index in [1.54, 1.807) is 18.7 Å². The van der Waals surface area contributed by atoms with E-state index in [-0.39, 0.29) is 5.69 Å². The topological polar surface area (TPSA) is 113 Å². The lowest BCUT2D eigenvalue weighted by Crippen LogP contribution is -2.20. The van der Waals surface area contributed by atoms with Crippen LogP contribution < -0.4 is 5.32 Å². The first-order chi connectivity index (χ1) is 19.1. The van der Waals surface area contributed by atoms with Crippen molar-refractivity contribution < 1.29 is 4.39 Å². The van der Waals surface area contributed by atoms with Crippen molar-refractivity contribution in [1.29, 1.82) is 0 Å². The fraction of sp³-hybridized carbons (Fsp3) is 0.276. The van der Waals surface area contributed by atoms with Gasteiger partial charge in [-0.3, -0.25) is 15.1 Å². The summed E-state index contributed by atoms with van der Waals surface area (Å²) in [5.41, 5.74) is 6.12. The average molecular weight is 522 g/mol. The molecule has 1 aliphatic rings. The number of hydrogen-bond donors (Lipinski definition) is 3. The third-order valence-corrected chi connectivity index (χ3v) is 7.56. The van der Waals surface area contributed by atoms with Crippen molar-refractivity contribution in [3.8, 4) is 28.5 Å². The Morgan fingerprint density at radius 2 is 1.97 bits per heavy atom. The van der Waals surface area contributed by atoms with Gasteiger partial charge in [0, 0.05) is 30.7 Å². The van der Waals surface area contributed by atoms with E-state index in [9.17, 15) is 0 Å². The zero-order valence-corrected chi connectivity index (χ0v) is 21.6. The molecule has 7 rings (SSSR count). The van der Waals surface area contributed by atoms with E-state index < -0.39 is 5.82 Å². The number of halogens is 1. The molecule has 0 atom stereocenters. The summed E-state index contributed by atoms with van der Waals surface area (Å²) in [5.74, 6) is 0.764. The van der Waals surface area contributed by atoms with Gasteiger partial charge in [-0.05, 0) is 56.0 Å². The maximum atomic E-state index is 16.1. The number of aromatic amines is 2. The summed E-state index contributed by atoms with van der Waals surface area (Å²) in [7, 11) is 0. The van der Waals surface area contributed by atoms with E-state index in [0.717, 1.165) is 40.4 Å². The van der Waals surface area contributed by atoms with Crippen molar-refractivity contribution in [2.75, 3.05) is 6.54 Å². The molecule has 5 aromatic heterocycles. The van der Waals surface area contributed by atoms with Crippen LogP contribution in [0.3, 0.4) is 0 Å². The van der Waals surface area contributed by atoms with Crippen LogP contribution in [0.15, 0.2) is 55.4 Å². The van der Waals surface area contributed by atoms with Gasteiger partial charge in [0.2, 0.25) is 0 Å². The van der Waals surface area contributed by atoms with Crippen LogP contribution in [0.5, 0.6) is 0 Å². The quantitative estimate of drug-likeness (QED) is 0.257. The van der Waals surface area contributed by atoms with Gasteiger partial charge in [0.15, 0.2) is 11.6 Å². The van der Waals surface area contributed by atoms with Crippen molar-refractivity contribution in [3.05, 3.63) is 72.5 Å². The second-order valence-corrected chi connectivity index (χ2v) is 10.3. The van der Waals surface area contributed by atoms with Gasteiger partial charge in [0.25, 0.3) is 0 Å². The standard InChI is InChI=1S/C29H28FN9/c1-17-15-39(16-34-17)23-8-4-7-21-27(23)36-29(35-21)28-24-22(37-38-28)14-33-26(25(24)30)20-9-19(12-32-13-20)11-31-10-18-5-2-3-6-18/h4,7-9,12-16,18,31H,2-3,5-6,10-11H2,1H3,(H,35,36)(H,37,38). The minimum absolute atomic E-state index is 0.237. The molecule has 6 aromatic rings. The number of aryl methyl sites for hydroxylation is 1.